The van der Waals surface area contributed by atoms with Gasteiger partial charge >= 0.3 is 0 Å². The van der Waals surface area contributed by atoms with Crippen LogP contribution in [-0.4, -0.2) is 23.2 Å². The number of pyridine rings is 1. The highest BCUT2D eigenvalue weighted by atomic mass is 16.3. The molecular formula is C20H20N2O. The summed E-state index contributed by atoms with van der Waals surface area (Å²) in [5, 5.41) is 12.1. The van der Waals surface area contributed by atoms with Crippen molar-refractivity contribution in [2.24, 2.45) is 0 Å². The highest BCUT2D eigenvalue weighted by Crippen LogP contribution is 2.34. The van der Waals surface area contributed by atoms with Crippen LogP contribution in [0.15, 0.2) is 66.7 Å². The molecule has 1 fully saturated rings. The summed E-state index contributed by atoms with van der Waals surface area (Å²) in [7, 11) is 0. The van der Waals surface area contributed by atoms with Crippen molar-refractivity contribution in [3.63, 3.8) is 0 Å². The van der Waals surface area contributed by atoms with Gasteiger partial charge < -0.3 is 10.0 Å². The SMILES string of the molecule is OC1(c2ccccc2)CCN(c2ccc3ccccc3n2)CC1. The highest BCUT2D eigenvalue weighted by molar-refractivity contribution is 5.80. The third kappa shape index (κ3) is 2.68. The van der Waals surface area contributed by atoms with E-state index in [4.69, 9.17) is 4.98 Å². The lowest BCUT2D eigenvalue weighted by molar-refractivity contribution is 0.0117. The van der Waals surface area contributed by atoms with E-state index in [2.05, 4.69) is 23.1 Å². The maximum absolute atomic E-state index is 10.9. The minimum atomic E-state index is -0.714. The molecule has 0 atom stereocenters. The molecule has 0 aliphatic carbocycles. The van der Waals surface area contributed by atoms with Gasteiger partial charge in [0.15, 0.2) is 0 Å². The molecule has 1 saturated heterocycles. The lowest BCUT2D eigenvalue weighted by Gasteiger charge is -2.39. The van der Waals surface area contributed by atoms with Gasteiger partial charge in [-0.05, 0) is 36.6 Å². The number of benzene rings is 2. The molecule has 2 heterocycles. The van der Waals surface area contributed by atoms with Crippen LogP contribution in [0.2, 0.25) is 0 Å². The smallest absolute Gasteiger partial charge is 0.129 e. The van der Waals surface area contributed by atoms with Gasteiger partial charge in [0.05, 0.1) is 11.1 Å². The average Bonchev–Trinajstić information content (AvgIpc) is 2.63. The topological polar surface area (TPSA) is 36.4 Å². The van der Waals surface area contributed by atoms with Gasteiger partial charge in [-0.15, -0.1) is 0 Å². The highest BCUT2D eigenvalue weighted by Gasteiger charge is 2.34. The normalized spacial score (nSPS) is 17.3. The number of aromatic nitrogens is 1. The Morgan fingerprint density at radius 3 is 2.30 bits per heavy atom. The van der Waals surface area contributed by atoms with Crippen LogP contribution in [0, 0.1) is 0 Å². The number of anilines is 1. The van der Waals surface area contributed by atoms with Gasteiger partial charge in [-0.3, -0.25) is 0 Å². The maximum atomic E-state index is 10.9. The Hall–Kier alpha value is -2.39. The largest absolute Gasteiger partial charge is 0.385 e. The summed E-state index contributed by atoms with van der Waals surface area (Å²) < 4.78 is 0. The fraction of sp³-hybridized carbons (Fsp3) is 0.250. The zero-order chi connectivity index (χ0) is 15.7. The summed E-state index contributed by atoms with van der Waals surface area (Å²) >= 11 is 0. The Kier molecular flexibility index (Phi) is 3.50. The molecule has 0 radical (unpaired) electrons. The number of para-hydroxylation sites is 1. The predicted molar refractivity (Wildman–Crippen MR) is 93.5 cm³/mol. The molecule has 23 heavy (non-hydrogen) atoms. The quantitative estimate of drug-likeness (QED) is 0.784. The fourth-order valence-electron chi connectivity index (χ4n) is 3.37. The monoisotopic (exact) mass is 304 g/mol. The molecule has 3 heteroatoms. The van der Waals surface area contributed by atoms with Crippen molar-refractivity contribution in [2.75, 3.05) is 18.0 Å². The van der Waals surface area contributed by atoms with Gasteiger partial charge in [0.2, 0.25) is 0 Å². The minimum absolute atomic E-state index is 0.714. The van der Waals surface area contributed by atoms with Gasteiger partial charge in [-0.2, -0.15) is 0 Å². The van der Waals surface area contributed by atoms with Crippen LogP contribution < -0.4 is 4.90 Å². The number of piperidine rings is 1. The minimum Gasteiger partial charge on any atom is -0.385 e. The third-order valence-electron chi connectivity index (χ3n) is 4.81. The van der Waals surface area contributed by atoms with Crippen LogP contribution >= 0.6 is 0 Å². The van der Waals surface area contributed by atoms with Crippen molar-refractivity contribution in [1.82, 2.24) is 4.98 Å². The molecule has 1 N–H and O–H groups in total. The number of rotatable bonds is 2. The molecule has 3 aromatic rings. The molecule has 0 unspecified atom stereocenters. The molecule has 1 aliphatic rings. The Bertz CT molecular complexity index is 808. The van der Waals surface area contributed by atoms with Crippen LogP contribution in [0.1, 0.15) is 18.4 Å². The van der Waals surface area contributed by atoms with E-state index in [1.807, 2.05) is 48.5 Å². The van der Waals surface area contributed by atoms with Gasteiger partial charge in [0, 0.05) is 18.5 Å². The lowest BCUT2D eigenvalue weighted by atomic mass is 9.84. The summed E-state index contributed by atoms with van der Waals surface area (Å²) in [6, 6.07) is 22.4. The zero-order valence-corrected chi connectivity index (χ0v) is 13.0. The molecule has 1 aliphatic heterocycles. The van der Waals surface area contributed by atoms with Crippen LogP contribution in [0.5, 0.6) is 0 Å². The van der Waals surface area contributed by atoms with E-state index in [0.29, 0.717) is 0 Å². The Morgan fingerprint density at radius 2 is 1.52 bits per heavy atom. The molecule has 0 amide bonds. The van der Waals surface area contributed by atoms with E-state index in [9.17, 15) is 5.11 Å². The molecule has 3 nitrogen and oxygen atoms in total. The van der Waals surface area contributed by atoms with Crippen LogP contribution in [0.25, 0.3) is 10.9 Å². The number of hydrogen-bond donors (Lipinski definition) is 1. The van der Waals surface area contributed by atoms with Gasteiger partial charge in [0.1, 0.15) is 5.82 Å². The van der Waals surface area contributed by atoms with E-state index < -0.39 is 5.60 Å². The van der Waals surface area contributed by atoms with Crippen molar-refractivity contribution >= 4 is 16.7 Å². The summed E-state index contributed by atoms with van der Waals surface area (Å²) in [4.78, 5) is 7.03. The maximum Gasteiger partial charge on any atom is 0.129 e. The number of nitrogens with zero attached hydrogens (tertiary/aromatic N) is 2. The number of aliphatic hydroxyl groups is 1. The average molecular weight is 304 g/mol. The zero-order valence-electron chi connectivity index (χ0n) is 13.0. The first kappa shape index (κ1) is 14.2. The molecule has 0 spiro atoms. The van der Waals surface area contributed by atoms with Gasteiger partial charge in [0.25, 0.3) is 0 Å². The Morgan fingerprint density at radius 1 is 0.826 bits per heavy atom. The molecule has 4 rings (SSSR count). The van der Waals surface area contributed by atoms with E-state index >= 15 is 0 Å². The van der Waals surface area contributed by atoms with Crippen molar-refractivity contribution in [2.45, 2.75) is 18.4 Å². The molecule has 116 valence electrons. The standard InChI is InChI=1S/C20H20N2O/c23-20(17-7-2-1-3-8-17)12-14-22(15-13-20)19-11-10-16-6-4-5-9-18(16)21-19/h1-11,23H,12-15H2. The number of hydrogen-bond acceptors (Lipinski definition) is 3. The van der Waals surface area contributed by atoms with Crippen molar-refractivity contribution in [3.8, 4) is 0 Å². The molecule has 1 aromatic heterocycles. The summed E-state index contributed by atoms with van der Waals surface area (Å²) in [5.74, 6) is 0.999. The summed E-state index contributed by atoms with van der Waals surface area (Å²) in [6.07, 6.45) is 1.46. The second kappa shape index (κ2) is 5.67. The van der Waals surface area contributed by atoms with E-state index in [0.717, 1.165) is 48.2 Å². The van der Waals surface area contributed by atoms with Crippen molar-refractivity contribution < 1.29 is 5.11 Å². The molecule has 2 aromatic carbocycles. The van der Waals surface area contributed by atoms with Crippen LogP contribution in [0.4, 0.5) is 5.82 Å². The molecule has 0 bridgehead atoms. The van der Waals surface area contributed by atoms with Crippen LogP contribution in [-0.2, 0) is 5.60 Å². The van der Waals surface area contributed by atoms with Crippen molar-refractivity contribution in [3.05, 3.63) is 72.3 Å². The molecular weight excluding hydrogens is 284 g/mol. The first-order valence-electron chi connectivity index (χ1n) is 8.13. The second-order valence-electron chi connectivity index (χ2n) is 6.25. The third-order valence-corrected chi connectivity index (χ3v) is 4.81. The van der Waals surface area contributed by atoms with Crippen molar-refractivity contribution in [1.29, 1.82) is 0 Å². The Balaban J connectivity index is 1.54. The predicted octanol–water partition coefficient (Wildman–Crippen LogP) is 3.72. The lowest BCUT2D eigenvalue weighted by Crippen LogP contribution is -2.42. The Labute approximate surface area is 136 Å². The number of fused-ring (bicyclic) bond motifs is 1. The molecule has 0 saturated carbocycles. The van der Waals surface area contributed by atoms with E-state index in [1.54, 1.807) is 0 Å². The summed E-state index contributed by atoms with van der Waals surface area (Å²) in [5.41, 5.74) is 1.33. The van der Waals surface area contributed by atoms with E-state index in [-0.39, 0.29) is 0 Å². The second-order valence-corrected chi connectivity index (χ2v) is 6.25. The van der Waals surface area contributed by atoms with Gasteiger partial charge in [-0.1, -0.05) is 48.5 Å². The van der Waals surface area contributed by atoms with Crippen LogP contribution in [0.3, 0.4) is 0 Å². The van der Waals surface area contributed by atoms with Gasteiger partial charge in [-0.25, -0.2) is 4.98 Å². The fourth-order valence-corrected chi connectivity index (χ4v) is 3.37. The first-order valence-corrected chi connectivity index (χ1v) is 8.13. The first-order chi connectivity index (χ1) is 11.2. The summed E-state index contributed by atoms with van der Waals surface area (Å²) in [6.45, 7) is 1.63. The van der Waals surface area contributed by atoms with E-state index in [1.165, 1.54) is 0 Å².